The average molecular weight is 303 g/mol. The van der Waals surface area contributed by atoms with E-state index in [1.807, 2.05) is 18.2 Å². The Morgan fingerprint density at radius 1 is 1.41 bits per heavy atom. The fourth-order valence-corrected chi connectivity index (χ4v) is 3.28. The number of rotatable bonds is 3. The molecule has 0 radical (unpaired) electrons. The van der Waals surface area contributed by atoms with Crippen LogP contribution < -0.4 is 0 Å². The zero-order valence-electron chi connectivity index (χ0n) is 12.7. The van der Waals surface area contributed by atoms with Crippen molar-refractivity contribution in [1.82, 2.24) is 4.90 Å². The molecule has 0 aromatic heterocycles. The molecular weight excluding hydrogens is 282 g/mol. The predicted octanol–water partition coefficient (Wildman–Crippen LogP) is 2.01. The van der Waals surface area contributed by atoms with Crippen LogP contribution in [0.5, 0.6) is 0 Å². The summed E-state index contributed by atoms with van der Waals surface area (Å²) in [4.78, 5) is 25.4. The zero-order chi connectivity index (χ0) is 15.7. The molecule has 1 amide bonds. The number of fused-ring (bicyclic) bond motifs is 1. The average Bonchev–Trinajstić information content (AvgIpc) is 2.92. The molecule has 5 heteroatoms. The molecule has 1 saturated heterocycles. The second kappa shape index (κ2) is 5.72. The molecule has 2 aliphatic heterocycles. The van der Waals surface area contributed by atoms with Gasteiger partial charge in [-0.15, -0.1) is 0 Å². The Labute approximate surface area is 129 Å². The first-order chi connectivity index (χ1) is 10.5. The second-order valence-corrected chi connectivity index (χ2v) is 6.44. The lowest BCUT2D eigenvalue weighted by Gasteiger charge is -2.27. The number of likely N-dealkylation sites (tertiary alicyclic amines) is 1. The molecule has 0 saturated carbocycles. The van der Waals surface area contributed by atoms with E-state index in [-0.39, 0.29) is 25.0 Å². The van der Waals surface area contributed by atoms with Crippen LogP contribution in [0.2, 0.25) is 0 Å². The molecule has 3 rings (SSSR count). The molecule has 1 aromatic carbocycles. The van der Waals surface area contributed by atoms with E-state index in [0.29, 0.717) is 19.6 Å². The van der Waals surface area contributed by atoms with Gasteiger partial charge in [0.1, 0.15) is 0 Å². The highest BCUT2D eigenvalue weighted by Crippen LogP contribution is 2.33. The Kier molecular flexibility index (Phi) is 3.91. The number of hydrogen-bond donors (Lipinski definition) is 1. The molecule has 1 N–H and O–H groups in total. The molecule has 1 aromatic rings. The number of carbonyl (C=O) groups is 2. The maximum absolute atomic E-state index is 12.5. The standard InChI is InChI=1S/C17H21NO4/c1-17(16(20)21)7-8-18(11-17)15(19)10-14-13-5-3-2-4-12(13)6-9-22-14/h2-5,14H,6-11H2,1H3,(H,20,21)/t14-,17+/m0/s1. The largest absolute Gasteiger partial charge is 0.481 e. The molecule has 0 spiro atoms. The molecule has 22 heavy (non-hydrogen) atoms. The van der Waals surface area contributed by atoms with Gasteiger partial charge < -0.3 is 14.7 Å². The molecule has 2 aliphatic rings. The molecule has 118 valence electrons. The van der Waals surface area contributed by atoms with Crippen molar-refractivity contribution in [2.75, 3.05) is 19.7 Å². The van der Waals surface area contributed by atoms with Crippen LogP contribution in [0.1, 0.15) is 37.0 Å². The van der Waals surface area contributed by atoms with Gasteiger partial charge in [-0.25, -0.2) is 0 Å². The molecule has 2 atom stereocenters. The van der Waals surface area contributed by atoms with E-state index in [0.717, 1.165) is 12.0 Å². The van der Waals surface area contributed by atoms with Crippen molar-refractivity contribution in [2.24, 2.45) is 5.41 Å². The lowest BCUT2D eigenvalue weighted by atomic mass is 9.90. The SMILES string of the molecule is C[C@@]1(C(=O)O)CCN(C(=O)C[C@@H]2OCCc3ccccc32)C1. The van der Waals surface area contributed by atoms with Gasteiger partial charge >= 0.3 is 5.97 Å². The first kappa shape index (κ1) is 15.0. The fraction of sp³-hybridized carbons (Fsp3) is 0.529. The van der Waals surface area contributed by atoms with Gasteiger partial charge in [0.25, 0.3) is 0 Å². The number of hydrogen-bond acceptors (Lipinski definition) is 3. The number of benzene rings is 1. The molecule has 5 nitrogen and oxygen atoms in total. The van der Waals surface area contributed by atoms with E-state index in [1.165, 1.54) is 5.56 Å². The van der Waals surface area contributed by atoms with Gasteiger partial charge in [0.15, 0.2) is 0 Å². The second-order valence-electron chi connectivity index (χ2n) is 6.44. The van der Waals surface area contributed by atoms with Crippen molar-refractivity contribution < 1.29 is 19.4 Å². The van der Waals surface area contributed by atoms with Gasteiger partial charge in [-0.2, -0.15) is 0 Å². The van der Waals surface area contributed by atoms with Crippen LogP contribution >= 0.6 is 0 Å². The molecule has 0 bridgehead atoms. The minimum Gasteiger partial charge on any atom is -0.481 e. The summed E-state index contributed by atoms with van der Waals surface area (Å²) in [5.74, 6) is -0.853. The van der Waals surface area contributed by atoms with Crippen LogP contribution in [0.4, 0.5) is 0 Å². The monoisotopic (exact) mass is 303 g/mol. The van der Waals surface area contributed by atoms with Crippen molar-refractivity contribution in [3.8, 4) is 0 Å². The van der Waals surface area contributed by atoms with Gasteiger partial charge in [0.05, 0.1) is 24.5 Å². The Bertz CT molecular complexity index is 600. The van der Waals surface area contributed by atoms with Crippen LogP contribution in [0.25, 0.3) is 0 Å². The normalized spacial score (nSPS) is 27.5. The van der Waals surface area contributed by atoms with Crippen molar-refractivity contribution >= 4 is 11.9 Å². The number of carboxylic acid groups (broad SMARTS) is 1. The van der Waals surface area contributed by atoms with Crippen molar-refractivity contribution in [2.45, 2.75) is 32.3 Å². The highest BCUT2D eigenvalue weighted by Gasteiger charge is 2.42. The van der Waals surface area contributed by atoms with Gasteiger partial charge in [0, 0.05) is 13.1 Å². The maximum atomic E-state index is 12.5. The lowest BCUT2D eigenvalue weighted by Crippen LogP contribution is -2.36. The van der Waals surface area contributed by atoms with E-state index in [2.05, 4.69) is 6.07 Å². The van der Waals surface area contributed by atoms with E-state index < -0.39 is 11.4 Å². The number of amides is 1. The first-order valence-corrected chi connectivity index (χ1v) is 7.70. The summed E-state index contributed by atoms with van der Waals surface area (Å²) in [6, 6.07) is 8.05. The minimum atomic E-state index is -0.831. The van der Waals surface area contributed by atoms with E-state index in [9.17, 15) is 14.7 Å². The van der Waals surface area contributed by atoms with Crippen LogP contribution in [0.15, 0.2) is 24.3 Å². The topological polar surface area (TPSA) is 66.8 Å². The lowest BCUT2D eigenvalue weighted by molar-refractivity contribution is -0.147. The molecule has 2 heterocycles. The Morgan fingerprint density at radius 3 is 2.91 bits per heavy atom. The molecule has 0 aliphatic carbocycles. The molecular formula is C17H21NO4. The number of carbonyl (C=O) groups excluding carboxylic acids is 1. The summed E-state index contributed by atoms with van der Waals surface area (Å²) < 4.78 is 5.77. The van der Waals surface area contributed by atoms with E-state index >= 15 is 0 Å². The van der Waals surface area contributed by atoms with Crippen molar-refractivity contribution in [3.63, 3.8) is 0 Å². The highest BCUT2D eigenvalue weighted by atomic mass is 16.5. The summed E-state index contributed by atoms with van der Waals surface area (Å²) in [6.45, 7) is 3.13. The van der Waals surface area contributed by atoms with Crippen LogP contribution in [-0.2, 0) is 20.7 Å². The number of ether oxygens (including phenoxy) is 1. The van der Waals surface area contributed by atoms with Crippen molar-refractivity contribution in [3.05, 3.63) is 35.4 Å². The summed E-state index contributed by atoms with van der Waals surface area (Å²) >= 11 is 0. The smallest absolute Gasteiger partial charge is 0.311 e. The van der Waals surface area contributed by atoms with Gasteiger partial charge in [-0.05, 0) is 30.9 Å². The fourth-order valence-electron chi connectivity index (χ4n) is 3.28. The molecule has 0 unspecified atom stereocenters. The number of aliphatic carboxylic acids is 1. The van der Waals surface area contributed by atoms with Gasteiger partial charge in [-0.1, -0.05) is 24.3 Å². The zero-order valence-corrected chi connectivity index (χ0v) is 12.7. The Hall–Kier alpha value is -1.88. The Balaban J connectivity index is 1.68. The summed E-state index contributed by atoms with van der Waals surface area (Å²) in [5.41, 5.74) is 1.51. The van der Waals surface area contributed by atoms with Crippen LogP contribution in [0.3, 0.4) is 0 Å². The number of nitrogens with zero attached hydrogens (tertiary/aromatic N) is 1. The summed E-state index contributed by atoms with van der Waals surface area (Å²) in [5, 5.41) is 9.26. The van der Waals surface area contributed by atoms with Gasteiger partial charge in [-0.3, -0.25) is 9.59 Å². The minimum absolute atomic E-state index is 0.0216. The van der Waals surface area contributed by atoms with Crippen LogP contribution in [-0.4, -0.2) is 41.6 Å². The number of carboxylic acids is 1. The Morgan fingerprint density at radius 2 is 2.18 bits per heavy atom. The highest BCUT2D eigenvalue weighted by molar-refractivity contribution is 5.81. The predicted molar refractivity (Wildman–Crippen MR) is 80.4 cm³/mol. The first-order valence-electron chi connectivity index (χ1n) is 7.70. The summed E-state index contributed by atoms with van der Waals surface area (Å²) in [7, 11) is 0. The van der Waals surface area contributed by atoms with E-state index in [4.69, 9.17) is 4.74 Å². The van der Waals surface area contributed by atoms with Crippen molar-refractivity contribution in [1.29, 1.82) is 0 Å². The quantitative estimate of drug-likeness (QED) is 0.927. The van der Waals surface area contributed by atoms with E-state index in [1.54, 1.807) is 11.8 Å². The third kappa shape index (κ3) is 2.73. The van der Waals surface area contributed by atoms with Gasteiger partial charge in [0.2, 0.25) is 5.91 Å². The summed E-state index contributed by atoms with van der Waals surface area (Å²) in [6.07, 6.45) is 1.46. The maximum Gasteiger partial charge on any atom is 0.311 e. The third-order valence-electron chi connectivity index (χ3n) is 4.79. The molecule has 1 fully saturated rings. The van der Waals surface area contributed by atoms with Crippen LogP contribution in [0, 0.1) is 5.41 Å². The third-order valence-corrected chi connectivity index (χ3v) is 4.79.